The molecule has 0 amide bonds. The highest BCUT2D eigenvalue weighted by Crippen LogP contribution is 2.47. The van der Waals surface area contributed by atoms with Crippen LogP contribution in [0.15, 0.2) is 114 Å². The first-order valence-electron chi connectivity index (χ1n) is 13.6. The quantitative estimate of drug-likeness (QED) is 0.0526. The van der Waals surface area contributed by atoms with Gasteiger partial charge in [-0.2, -0.15) is 4.57 Å². The molecular weight excluding hydrogens is 498 g/mol. The molecule has 4 aromatic rings. The highest BCUT2D eigenvalue weighted by Gasteiger charge is 2.33. The maximum Gasteiger partial charge on any atom is 0.213 e. The van der Waals surface area contributed by atoms with E-state index in [-0.39, 0.29) is 0 Å². The molecule has 0 spiro atoms. The third-order valence-electron chi connectivity index (χ3n) is 7.39. The number of para-hydroxylation sites is 1. The number of fused-ring (bicyclic) bond motifs is 1. The fraction of sp³-hybridized carbons (Fsp3) is 0.176. The van der Waals surface area contributed by atoms with E-state index in [1.54, 1.807) is 0 Å². The average Bonchev–Trinajstić information content (AvgIpc) is 3.59. The van der Waals surface area contributed by atoms with Crippen molar-refractivity contribution in [2.45, 2.75) is 26.3 Å². The Morgan fingerprint density at radius 1 is 1.07 bits per heavy atom. The van der Waals surface area contributed by atoms with E-state index >= 15 is 0 Å². The molecule has 6 heteroatoms. The third kappa shape index (κ3) is 5.26. The number of rotatable bonds is 9. The van der Waals surface area contributed by atoms with Crippen molar-refractivity contribution in [2.75, 3.05) is 18.0 Å². The molecule has 0 saturated heterocycles. The van der Waals surface area contributed by atoms with E-state index in [0.29, 0.717) is 6.54 Å². The Balaban J connectivity index is 1.19. The second kappa shape index (κ2) is 11.6. The zero-order valence-corrected chi connectivity index (χ0v) is 22.5. The number of hydrogen-bond acceptors (Lipinski definition) is 5. The normalized spacial score (nSPS) is 15.5. The molecule has 2 aliphatic rings. The van der Waals surface area contributed by atoms with Gasteiger partial charge < -0.3 is 19.8 Å². The highest BCUT2D eigenvalue weighted by molar-refractivity contribution is 5.86. The van der Waals surface area contributed by atoms with Gasteiger partial charge in [0.2, 0.25) is 11.4 Å². The van der Waals surface area contributed by atoms with Gasteiger partial charge in [0.1, 0.15) is 0 Å². The molecule has 3 heterocycles. The van der Waals surface area contributed by atoms with Crippen LogP contribution in [0.1, 0.15) is 24.5 Å². The summed E-state index contributed by atoms with van der Waals surface area (Å²) in [5.41, 5.74) is 8.42. The molecule has 0 unspecified atom stereocenters. The number of aryl methyl sites for hydroxylation is 1. The summed E-state index contributed by atoms with van der Waals surface area (Å²) in [5, 5.41) is 11.2. The largest absolute Gasteiger partial charge is 0.663 e. The van der Waals surface area contributed by atoms with Crippen molar-refractivity contribution in [1.29, 1.82) is 0 Å². The minimum atomic E-state index is 0.548. The van der Waals surface area contributed by atoms with Gasteiger partial charge in [0, 0.05) is 31.6 Å². The van der Waals surface area contributed by atoms with Gasteiger partial charge in [0.15, 0.2) is 24.9 Å². The second-order valence-electron chi connectivity index (χ2n) is 10.0. The van der Waals surface area contributed by atoms with E-state index in [9.17, 15) is 5.26 Å². The lowest BCUT2D eigenvalue weighted by atomic mass is 10.0. The zero-order chi connectivity index (χ0) is 27.3. The van der Waals surface area contributed by atoms with Crippen molar-refractivity contribution in [2.24, 2.45) is 4.99 Å². The summed E-state index contributed by atoms with van der Waals surface area (Å²) >= 11 is 0. The molecule has 0 bridgehead atoms. The van der Waals surface area contributed by atoms with E-state index in [1.807, 2.05) is 6.07 Å². The van der Waals surface area contributed by atoms with Gasteiger partial charge in [-0.3, -0.25) is 4.99 Å². The maximum absolute atomic E-state index is 10.0. The first kappa shape index (κ1) is 25.6. The number of ether oxygens (including phenoxy) is 1. The standard InChI is InChI=1S/C34H31N3O3/c1-25(12-14-27-16-20-36(19-7-18-35-24-39-38)31-11-6-5-10-30(27)31)13-15-33-37-21-17-28-22-29(23-32(40-33)34(28)37)26-8-3-2-4-9-26/h2-6,8-16,20,22-24H,7,17-19,21H2,1H3. The summed E-state index contributed by atoms with van der Waals surface area (Å²) < 4.78 is 8.55. The predicted octanol–water partition coefficient (Wildman–Crippen LogP) is 5.76. The van der Waals surface area contributed by atoms with Crippen molar-refractivity contribution >= 4 is 29.1 Å². The maximum atomic E-state index is 10.0. The molecule has 200 valence electrons. The highest BCUT2D eigenvalue weighted by atomic mass is 17.1. The number of pyridine rings is 1. The number of nitrogens with zero attached hydrogens (tertiary/aromatic N) is 3. The number of aliphatic imine (C=N–C) groups is 1. The number of anilines is 1. The van der Waals surface area contributed by atoms with Crippen LogP contribution >= 0.6 is 0 Å². The Morgan fingerprint density at radius 3 is 2.80 bits per heavy atom. The summed E-state index contributed by atoms with van der Waals surface area (Å²) in [6, 6.07) is 25.5. The monoisotopic (exact) mass is 529 g/mol. The molecule has 0 saturated carbocycles. The topological polar surface area (TPSA) is 61.0 Å². The van der Waals surface area contributed by atoms with E-state index in [4.69, 9.17) is 4.74 Å². The SMILES string of the molecule is CC(/C=C/c1cc[n+](CCCN=CO[O-])c2ccccc12)=C\C=C1/Oc2cc(-c3ccccc3)cc3c2N1CC3. The van der Waals surface area contributed by atoms with Gasteiger partial charge in [0.05, 0.1) is 11.1 Å². The van der Waals surface area contributed by atoms with Crippen LogP contribution in [0, 0.1) is 0 Å². The van der Waals surface area contributed by atoms with Crippen molar-refractivity contribution in [3.8, 4) is 16.9 Å². The number of aromatic nitrogens is 1. The first-order chi connectivity index (χ1) is 19.7. The third-order valence-corrected chi connectivity index (χ3v) is 7.39. The number of benzene rings is 3. The lowest BCUT2D eigenvalue weighted by Crippen LogP contribution is -2.34. The molecule has 0 N–H and O–H groups in total. The summed E-state index contributed by atoms with van der Waals surface area (Å²) in [6.45, 7) is 4.40. The zero-order valence-electron chi connectivity index (χ0n) is 22.5. The minimum absolute atomic E-state index is 0.548. The summed E-state index contributed by atoms with van der Waals surface area (Å²) in [6.07, 6.45) is 13.4. The van der Waals surface area contributed by atoms with E-state index in [0.717, 1.165) is 60.6 Å². The average molecular weight is 530 g/mol. The van der Waals surface area contributed by atoms with Crippen LogP contribution in [0.4, 0.5) is 5.69 Å². The van der Waals surface area contributed by atoms with Crippen LogP contribution < -0.4 is 19.5 Å². The van der Waals surface area contributed by atoms with Crippen molar-refractivity contribution in [1.82, 2.24) is 0 Å². The second-order valence-corrected chi connectivity index (χ2v) is 10.0. The fourth-order valence-corrected chi connectivity index (χ4v) is 5.44. The smallest absolute Gasteiger partial charge is 0.213 e. The van der Waals surface area contributed by atoms with E-state index in [1.165, 1.54) is 27.8 Å². The Hall–Kier alpha value is -4.68. The van der Waals surface area contributed by atoms with Crippen LogP contribution in [-0.4, -0.2) is 19.5 Å². The van der Waals surface area contributed by atoms with Crippen molar-refractivity contribution in [3.63, 3.8) is 0 Å². The molecule has 0 aliphatic carbocycles. The summed E-state index contributed by atoms with van der Waals surface area (Å²) in [5.74, 6) is 1.82. The Morgan fingerprint density at radius 2 is 1.93 bits per heavy atom. The molecule has 6 nitrogen and oxygen atoms in total. The Bertz CT molecular complexity index is 1650. The van der Waals surface area contributed by atoms with Gasteiger partial charge in [-0.1, -0.05) is 66.3 Å². The van der Waals surface area contributed by atoms with Gasteiger partial charge in [-0.05, 0) is 59.9 Å². The van der Waals surface area contributed by atoms with Crippen LogP contribution in [0.5, 0.6) is 5.75 Å². The first-order valence-corrected chi connectivity index (χ1v) is 13.6. The molecule has 1 aromatic heterocycles. The van der Waals surface area contributed by atoms with Crippen molar-refractivity contribution in [3.05, 3.63) is 120 Å². The molecule has 0 atom stereocenters. The fourth-order valence-electron chi connectivity index (χ4n) is 5.44. The van der Waals surface area contributed by atoms with E-state index in [2.05, 4.69) is 124 Å². The molecular formula is C34H31N3O3. The van der Waals surface area contributed by atoms with Crippen molar-refractivity contribution < 1.29 is 19.4 Å². The van der Waals surface area contributed by atoms with Gasteiger partial charge in [-0.25, -0.2) is 0 Å². The van der Waals surface area contributed by atoms with Gasteiger partial charge >= 0.3 is 0 Å². The Labute approximate surface area is 234 Å². The molecule has 2 aliphatic heterocycles. The van der Waals surface area contributed by atoms with Crippen LogP contribution in [0.2, 0.25) is 0 Å². The molecule has 3 aromatic carbocycles. The molecule has 0 fully saturated rings. The lowest BCUT2D eigenvalue weighted by Gasteiger charge is -2.11. The molecule has 6 rings (SSSR count). The minimum Gasteiger partial charge on any atom is -0.663 e. The van der Waals surface area contributed by atoms with Crippen LogP contribution in [0.25, 0.3) is 28.1 Å². The molecule has 40 heavy (non-hydrogen) atoms. The van der Waals surface area contributed by atoms with E-state index < -0.39 is 0 Å². The lowest BCUT2D eigenvalue weighted by molar-refractivity contribution is -0.671. The summed E-state index contributed by atoms with van der Waals surface area (Å²) in [7, 11) is 0. The summed E-state index contributed by atoms with van der Waals surface area (Å²) in [4.78, 5) is 9.86. The van der Waals surface area contributed by atoms with Crippen LogP contribution in [-0.2, 0) is 17.9 Å². The Kier molecular flexibility index (Phi) is 7.42. The predicted molar refractivity (Wildman–Crippen MR) is 158 cm³/mol. The van der Waals surface area contributed by atoms with Gasteiger partial charge in [-0.15, -0.1) is 0 Å². The number of hydrogen-bond donors (Lipinski definition) is 0. The van der Waals surface area contributed by atoms with Crippen LogP contribution in [0.3, 0.4) is 0 Å². The van der Waals surface area contributed by atoms with Gasteiger partial charge in [0.25, 0.3) is 0 Å². The number of allylic oxidation sites excluding steroid dienone is 4. The molecule has 0 radical (unpaired) electrons.